The zero-order chi connectivity index (χ0) is 20.3. The number of rotatable bonds is 6. The van der Waals surface area contributed by atoms with Crippen LogP contribution in [0.5, 0.6) is 5.75 Å². The van der Waals surface area contributed by atoms with Crippen LogP contribution in [0, 0.1) is 13.8 Å². The highest BCUT2D eigenvalue weighted by atomic mass is 32.1. The Morgan fingerprint density at radius 2 is 2.00 bits per heavy atom. The van der Waals surface area contributed by atoms with Crippen LogP contribution < -0.4 is 15.7 Å². The highest BCUT2D eigenvalue weighted by molar-refractivity contribution is 7.18. The van der Waals surface area contributed by atoms with Crippen LogP contribution in [0.15, 0.2) is 34.2 Å². The average molecular weight is 398 g/mol. The number of thiophene rings is 1. The van der Waals surface area contributed by atoms with Crippen molar-refractivity contribution in [2.45, 2.75) is 33.6 Å². The van der Waals surface area contributed by atoms with Crippen LogP contribution in [0.1, 0.15) is 35.2 Å². The summed E-state index contributed by atoms with van der Waals surface area (Å²) in [7, 11) is 1.61. The first kappa shape index (κ1) is 19.8. The highest BCUT2D eigenvalue weighted by Gasteiger charge is 2.13. The Balaban J connectivity index is 1.74. The lowest BCUT2D eigenvalue weighted by molar-refractivity contribution is -0.120. The van der Waals surface area contributed by atoms with E-state index in [1.54, 1.807) is 7.11 Å². The summed E-state index contributed by atoms with van der Waals surface area (Å²) >= 11 is 1.46. The molecule has 0 aliphatic rings. The number of aryl methyl sites for hydroxylation is 2. The average Bonchev–Trinajstić information content (AvgIpc) is 2.96. The molecule has 146 valence electrons. The third-order valence-electron chi connectivity index (χ3n) is 4.49. The standard InChI is InChI=1S/C20H22N4O3S/c1-5-15(13-6-8-14(27-4)9-7-13)23-24-17(25)10-16-21-19(26)18-11(2)12(3)28-20(18)22-16/h6-9H,5,10H2,1-4H3,(H,24,25)(H,21,22,26)/b23-15-. The van der Waals surface area contributed by atoms with Crippen LogP contribution in [0.3, 0.4) is 0 Å². The Labute approximate surface area is 166 Å². The minimum atomic E-state index is -0.341. The summed E-state index contributed by atoms with van der Waals surface area (Å²) in [5, 5.41) is 4.82. The molecule has 0 aliphatic heterocycles. The fourth-order valence-corrected chi connectivity index (χ4v) is 3.88. The smallest absolute Gasteiger partial charge is 0.259 e. The number of hydrogen-bond donors (Lipinski definition) is 2. The normalized spacial score (nSPS) is 11.6. The van der Waals surface area contributed by atoms with Gasteiger partial charge in [-0.05, 0) is 55.7 Å². The zero-order valence-corrected chi connectivity index (χ0v) is 17.1. The van der Waals surface area contributed by atoms with Gasteiger partial charge in [-0.15, -0.1) is 11.3 Å². The largest absolute Gasteiger partial charge is 0.497 e. The Bertz CT molecular complexity index is 1100. The Kier molecular flexibility index (Phi) is 5.89. The number of aromatic amines is 1. The monoisotopic (exact) mass is 398 g/mol. The number of aromatic nitrogens is 2. The summed E-state index contributed by atoms with van der Waals surface area (Å²) < 4.78 is 5.15. The molecule has 0 saturated carbocycles. The van der Waals surface area contributed by atoms with Gasteiger partial charge in [0.1, 0.15) is 16.4 Å². The van der Waals surface area contributed by atoms with Crippen molar-refractivity contribution >= 4 is 33.2 Å². The number of nitrogens with one attached hydrogen (secondary N) is 2. The highest BCUT2D eigenvalue weighted by Crippen LogP contribution is 2.25. The summed E-state index contributed by atoms with van der Waals surface area (Å²) in [4.78, 5) is 33.4. The molecule has 0 aliphatic carbocycles. The molecule has 3 aromatic rings. The van der Waals surface area contributed by atoms with E-state index in [-0.39, 0.29) is 17.9 Å². The quantitative estimate of drug-likeness (QED) is 0.493. The molecule has 1 amide bonds. The maximum atomic E-state index is 12.3. The molecule has 0 radical (unpaired) electrons. The number of hydrogen-bond acceptors (Lipinski definition) is 6. The summed E-state index contributed by atoms with van der Waals surface area (Å²) in [6.07, 6.45) is 0.603. The van der Waals surface area contributed by atoms with E-state index >= 15 is 0 Å². The van der Waals surface area contributed by atoms with Crippen LogP contribution in [0.25, 0.3) is 10.2 Å². The van der Waals surface area contributed by atoms with Crippen molar-refractivity contribution in [3.63, 3.8) is 0 Å². The maximum Gasteiger partial charge on any atom is 0.259 e. The van der Waals surface area contributed by atoms with Crippen LogP contribution in [0.4, 0.5) is 0 Å². The van der Waals surface area contributed by atoms with Crippen molar-refractivity contribution in [3.8, 4) is 5.75 Å². The fraction of sp³-hybridized carbons (Fsp3) is 0.300. The van der Waals surface area contributed by atoms with Gasteiger partial charge >= 0.3 is 0 Å². The van der Waals surface area contributed by atoms with Crippen molar-refractivity contribution in [1.29, 1.82) is 0 Å². The van der Waals surface area contributed by atoms with E-state index in [0.29, 0.717) is 22.5 Å². The molecular formula is C20H22N4O3S. The number of nitrogens with zero attached hydrogens (tertiary/aromatic N) is 2. The van der Waals surface area contributed by atoms with Crippen LogP contribution in [-0.4, -0.2) is 28.7 Å². The van der Waals surface area contributed by atoms with E-state index in [1.165, 1.54) is 11.3 Å². The molecule has 28 heavy (non-hydrogen) atoms. The Morgan fingerprint density at radius 3 is 2.64 bits per heavy atom. The number of fused-ring (bicyclic) bond motifs is 1. The van der Waals surface area contributed by atoms with Crippen LogP contribution in [-0.2, 0) is 11.2 Å². The predicted octanol–water partition coefficient (Wildman–Crippen LogP) is 3.08. The summed E-state index contributed by atoms with van der Waals surface area (Å²) in [5.41, 5.74) is 4.92. The van der Waals surface area contributed by atoms with E-state index in [1.807, 2.05) is 45.0 Å². The number of carbonyl (C=O) groups excluding carboxylic acids is 1. The first-order valence-electron chi connectivity index (χ1n) is 8.91. The molecule has 0 saturated heterocycles. The first-order chi connectivity index (χ1) is 13.4. The van der Waals surface area contributed by atoms with Gasteiger partial charge in [0.25, 0.3) is 5.56 Å². The molecule has 0 spiro atoms. The van der Waals surface area contributed by atoms with Gasteiger partial charge in [0, 0.05) is 4.88 Å². The molecular weight excluding hydrogens is 376 g/mol. The number of ether oxygens (including phenoxy) is 1. The third kappa shape index (κ3) is 4.12. The van der Waals surface area contributed by atoms with E-state index in [2.05, 4.69) is 20.5 Å². The van der Waals surface area contributed by atoms with Crippen molar-refractivity contribution in [2.24, 2.45) is 5.10 Å². The van der Waals surface area contributed by atoms with Crippen molar-refractivity contribution in [3.05, 3.63) is 56.4 Å². The topological polar surface area (TPSA) is 96.4 Å². The predicted molar refractivity (Wildman–Crippen MR) is 111 cm³/mol. The lowest BCUT2D eigenvalue weighted by Crippen LogP contribution is -2.24. The number of benzene rings is 1. The van der Waals surface area contributed by atoms with Crippen LogP contribution in [0.2, 0.25) is 0 Å². The summed E-state index contributed by atoms with van der Waals surface area (Å²) in [6, 6.07) is 7.47. The van der Waals surface area contributed by atoms with Gasteiger partial charge in [0.2, 0.25) is 5.91 Å². The molecule has 0 bridgehead atoms. The minimum Gasteiger partial charge on any atom is -0.497 e. The van der Waals surface area contributed by atoms with Gasteiger partial charge in [-0.3, -0.25) is 9.59 Å². The van der Waals surface area contributed by atoms with Gasteiger partial charge in [0.05, 0.1) is 24.6 Å². The van der Waals surface area contributed by atoms with E-state index in [0.717, 1.165) is 27.5 Å². The minimum absolute atomic E-state index is 0.0513. The van der Waals surface area contributed by atoms with Crippen LogP contribution >= 0.6 is 11.3 Å². The van der Waals surface area contributed by atoms with Crippen molar-refractivity contribution < 1.29 is 9.53 Å². The molecule has 0 atom stereocenters. The molecule has 0 fully saturated rings. The number of amides is 1. The molecule has 7 nitrogen and oxygen atoms in total. The van der Waals surface area contributed by atoms with Gasteiger partial charge in [-0.2, -0.15) is 5.10 Å². The third-order valence-corrected chi connectivity index (χ3v) is 5.59. The lowest BCUT2D eigenvalue weighted by Gasteiger charge is -2.06. The molecule has 0 unspecified atom stereocenters. The number of methoxy groups -OCH3 is 1. The maximum absolute atomic E-state index is 12.3. The molecule has 2 aromatic heterocycles. The van der Waals surface area contributed by atoms with E-state index in [4.69, 9.17) is 4.74 Å². The summed E-state index contributed by atoms with van der Waals surface area (Å²) in [5.74, 6) is 0.744. The second-order valence-electron chi connectivity index (χ2n) is 6.33. The van der Waals surface area contributed by atoms with Gasteiger partial charge in [-0.25, -0.2) is 10.4 Å². The summed E-state index contributed by atoms with van der Waals surface area (Å²) in [6.45, 7) is 5.81. The van der Waals surface area contributed by atoms with E-state index in [9.17, 15) is 9.59 Å². The zero-order valence-electron chi connectivity index (χ0n) is 16.3. The van der Waals surface area contributed by atoms with Gasteiger partial charge in [-0.1, -0.05) is 6.92 Å². The first-order valence-corrected chi connectivity index (χ1v) is 9.73. The lowest BCUT2D eigenvalue weighted by atomic mass is 10.1. The fourth-order valence-electron chi connectivity index (χ4n) is 2.84. The van der Waals surface area contributed by atoms with Gasteiger partial charge in [0.15, 0.2) is 0 Å². The molecule has 3 rings (SSSR count). The Morgan fingerprint density at radius 1 is 1.29 bits per heavy atom. The van der Waals surface area contributed by atoms with E-state index < -0.39 is 0 Å². The Hall–Kier alpha value is -3.00. The number of H-pyrrole nitrogens is 1. The number of hydrazone groups is 1. The molecule has 1 aromatic carbocycles. The van der Waals surface area contributed by atoms with Crippen molar-refractivity contribution in [1.82, 2.24) is 15.4 Å². The number of carbonyl (C=O) groups is 1. The second-order valence-corrected chi connectivity index (χ2v) is 7.53. The molecule has 8 heteroatoms. The molecule has 2 N–H and O–H groups in total. The van der Waals surface area contributed by atoms with Crippen molar-refractivity contribution in [2.75, 3.05) is 7.11 Å². The second kappa shape index (κ2) is 8.35. The molecule has 2 heterocycles. The SMILES string of the molecule is CC/C(=N/NC(=O)Cc1nc2sc(C)c(C)c2c(=O)[nH]1)c1ccc(OC)cc1. The van der Waals surface area contributed by atoms with Gasteiger partial charge < -0.3 is 9.72 Å².